The number of aryl methyl sites for hydroxylation is 1. The van der Waals surface area contributed by atoms with Gasteiger partial charge < -0.3 is 15.0 Å². The molecule has 1 aromatic carbocycles. The lowest BCUT2D eigenvalue weighted by molar-refractivity contribution is 0.296. The molecule has 0 atom stereocenters. The van der Waals surface area contributed by atoms with Crippen LogP contribution in [0.1, 0.15) is 5.69 Å². The Morgan fingerprint density at radius 2 is 2.16 bits per heavy atom. The Hall–Kier alpha value is -2.49. The molecule has 0 spiro atoms. The Labute approximate surface area is 111 Å². The molecule has 0 aliphatic rings. The minimum absolute atomic E-state index is 0.496. The molecule has 2 N–H and O–H groups in total. The smallest absolute Gasteiger partial charge is 0.138 e. The van der Waals surface area contributed by atoms with Crippen molar-refractivity contribution in [2.75, 3.05) is 5.73 Å². The molecule has 0 radical (unpaired) electrons. The standard InChI is InChI=1S/C15H15N3O/c1-18-11(10-19-12-4-3-7-17-9-12)8-13-14(16)5-2-6-15(13)18/h2-9H,10,16H2,1H3. The van der Waals surface area contributed by atoms with Crippen LogP contribution in [-0.2, 0) is 13.7 Å². The molecule has 96 valence electrons. The minimum Gasteiger partial charge on any atom is -0.486 e. The van der Waals surface area contributed by atoms with Gasteiger partial charge in [-0.2, -0.15) is 0 Å². The number of hydrogen-bond acceptors (Lipinski definition) is 3. The summed E-state index contributed by atoms with van der Waals surface area (Å²) in [5.74, 6) is 0.765. The van der Waals surface area contributed by atoms with Crippen molar-refractivity contribution in [3.05, 3.63) is 54.5 Å². The largest absolute Gasteiger partial charge is 0.486 e. The maximum atomic E-state index is 5.98. The van der Waals surface area contributed by atoms with Crippen LogP contribution in [-0.4, -0.2) is 9.55 Å². The van der Waals surface area contributed by atoms with Crippen molar-refractivity contribution in [1.29, 1.82) is 0 Å². The highest BCUT2D eigenvalue weighted by atomic mass is 16.5. The second-order valence-corrected chi connectivity index (χ2v) is 4.45. The number of anilines is 1. The molecule has 4 heteroatoms. The van der Waals surface area contributed by atoms with Gasteiger partial charge in [0.15, 0.2) is 0 Å². The zero-order chi connectivity index (χ0) is 13.2. The van der Waals surface area contributed by atoms with Crippen molar-refractivity contribution in [3.8, 4) is 5.75 Å². The lowest BCUT2D eigenvalue weighted by atomic mass is 10.2. The van der Waals surface area contributed by atoms with Crippen LogP contribution in [0.15, 0.2) is 48.8 Å². The Morgan fingerprint density at radius 1 is 1.26 bits per heavy atom. The molecule has 0 aliphatic carbocycles. The van der Waals surface area contributed by atoms with Crippen LogP contribution in [0.25, 0.3) is 10.9 Å². The third-order valence-electron chi connectivity index (χ3n) is 3.24. The van der Waals surface area contributed by atoms with Crippen LogP contribution < -0.4 is 10.5 Å². The lowest BCUT2D eigenvalue weighted by Crippen LogP contribution is -2.01. The van der Waals surface area contributed by atoms with E-state index in [-0.39, 0.29) is 0 Å². The molecule has 3 rings (SSSR count). The van der Waals surface area contributed by atoms with E-state index in [1.165, 1.54) is 0 Å². The van der Waals surface area contributed by atoms with Crippen LogP contribution in [0.4, 0.5) is 5.69 Å². The summed E-state index contributed by atoms with van der Waals surface area (Å²) < 4.78 is 7.82. The van der Waals surface area contributed by atoms with Crippen molar-refractivity contribution in [2.24, 2.45) is 7.05 Å². The van der Waals surface area contributed by atoms with E-state index in [4.69, 9.17) is 10.5 Å². The number of benzene rings is 1. The molecule has 2 aromatic heterocycles. The van der Waals surface area contributed by atoms with E-state index in [1.807, 2.05) is 31.3 Å². The van der Waals surface area contributed by atoms with Crippen molar-refractivity contribution >= 4 is 16.6 Å². The number of aromatic nitrogens is 2. The monoisotopic (exact) mass is 253 g/mol. The topological polar surface area (TPSA) is 53.1 Å². The minimum atomic E-state index is 0.496. The van der Waals surface area contributed by atoms with Crippen LogP contribution in [0.3, 0.4) is 0 Å². The first kappa shape index (κ1) is 11.6. The highest BCUT2D eigenvalue weighted by Gasteiger charge is 2.08. The van der Waals surface area contributed by atoms with E-state index in [9.17, 15) is 0 Å². The van der Waals surface area contributed by atoms with Gasteiger partial charge in [0, 0.05) is 24.3 Å². The van der Waals surface area contributed by atoms with Gasteiger partial charge in [-0.1, -0.05) is 6.07 Å². The fraction of sp³-hybridized carbons (Fsp3) is 0.133. The summed E-state index contributed by atoms with van der Waals surface area (Å²) in [7, 11) is 2.02. The van der Waals surface area contributed by atoms with Gasteiger partial charge in [0.05, 0.1) is 17.4 Å². The number of fused-ring (bicyclic) bond motifs is 1. The summed E-state index contributed by atoms with van der Waals surface area (Å²) in [4.78, 5) is 4.02. The van der Waals surface area contributed by atoms with Gasteiger partial charge in [-0.3, -0.25) is 4.98 Å². The van der Waals surface area contributed by atoms with Crippen LogP contribution in [0.5, 0.6) is 5.75 Å². The molecule has 0 bridgehead atoms. The molecular weight excluding hydrogens is 238 g/mol. The molecule has 4 nitrogen and oxygen atoms in total. The first-order valence-electron chi connectivity index (χ1n) is 6.11. The Bertz CT molecular complexity index is 704. The average Bonchev–Trinajstić information content (AvgIpc) is 2.77. The molecule has 3 aromatic rings. The summed E-state index contributed by atoms with van der Waals surface area (Å²) in [5, 5.41) is 1.06. The van der Waals surface area contributed by atoms with E-state index < -0.39 is 0 Å². The molecular formula is C15H15N3O. The number of ether oxygens (including phenoxy) is 1. The van der Waals surface area contributed by atoms with E-state index in [0.29, 0.717) is 6.61 Å². The van der Waals surface area contributed by atoms with Crippen molar-refractivity contribution in [3.63, 3.8) is 0 Å². The molecule has 19 heavy (non-hydrogen) atoms. The van der Waals surface area contributed by atoms with E-state index in [0.717, 1.165) is 28.0 Å². The van der Waals surface area contributed by atoms with Gasteiger partial charge in [-0.05, 0) is 30.3 Å². The zero-order valence-electron chi connectivity index (χ0n) is 10.7. The predicted molar refractivity (Wildman–Crippen MR) is 75.9 cm³/mol. The van der Waals surface area contributed by atoms with Crippen LogP contribution in [0.2, 0.25) is 0 Å². The summed E-state index contributed by atoms with van der Waals surface area (Å²) in [6.07, 6.45) is 3.43. The lowest BCUT2D eigenvalue weighted by Gasteiger charge is -2.06. The van der Waals surface area contributed by atoms with Gasteiger partial charge in [0.25, 0.3) is 0 Å². The van der Waals surface area contributed by atoms with Gasteiger partial charge in [0.2, 0.25) is 0 Å². The number of rotatable bonds is 3. The maximum Gasteiger partial charge on any atom is 0.138 e. The third kappa shape index (κ3) is 2.12. The van der Waals surface area contributed by atoms with E-state index in [1.54, 1.807) is 12.4 Å². The number of hydrogen-bond donors (Lipinski definition) is 1. The SMILES string of the molecule is Cn1c(COc2cccnc2)cc2c(N)cccc21. The summed E-state index contributed by atoms with van der Waals surface area (Å²) in [6, 6.07) is 11.7. The first-order valence-corrected chi connectivity index (χ1v) is 6.11. The van der Waals surface area contributed by atoms with Crippen LogP contribution in [0, 0.1) is 0 Å². The quantitative estimate of drug-likeness (QED) is 0.730. The summed E-state index contributed by atoms with van der Waals surface area (Å²) in [6.45, 7) is 0.496. The Balaban J connectivity index is 1.89. The Morgan fingerprint density at radius 3 is 2.89 bits per heavy atom. The molecule has 0 saturated carbocycles. The molecule has 0 unspecified atom stereocenters. The Kier molecular flexibility index (Phi) is 2.83. The normalized spacial score (nSPS) is 10.8. The van der Waals surface area contributed by atoms with Gasteiger partial charge in [0.1, 0.15) is 12.4 Å². The maximum absolute atomic E-state index is 5.98. The number of nitrogen functional groups attached to an aromatic ring is 1. The van der Waals surface area contributed by atoms with Crippen molar-refractivity contribution in [2.45, 2.75) is 6.61 Å². The fourth-order valence-corrected chi connectivity index (χ4v) is 2.17. The molecule has 2 heterocycles. The predicted octanol–water partition coefficient (Wildman–Crippen LogP) is 2.73. The van der Waals surface area contributed by atoms with E-state index >= 15 is 0 Å². The van der Waals surface area contributed by atoms with Gasteiger partial charge >= 0.3 is 0 Å². The highest BCUT2D eigenvalue weighted by Crippen LogP contribution is 2.24. The molecule has 0 amide bonds. The molecule has 0 saturated heterocycles. The van der Waals surface area contributed by atoms with Crippen molar-refractivity contribution < 1.29 is 4.74 Å². The molecule has 0 fully saturated rings. The van der Waals surface area contributed by atoms with Gasteiger partial charge in [-0.25, -0.2) is 0 Å². The fourth-order valence-electron chi connectivity index (χ4n) is 2.17. The third-order valence-corrected chi connectivity index (χ3v) is 3.24. The highest BCUT2D eigenvalue weighted by molar-refractivity contribution is 5.92. The second kappa shape index (κ2) is 4.65. The summed E-state index contributed by atoms with van der Waals surface area (Å²) in [5.41, 5.74) is 8.97. The zero-order valence-corrected chi connectivity index (χ0v) is 10.7. The van der Waals surface area contributed by atoms with Crippen LogP contribution >= 0.6 is 0 Å². The second-order valence-electron chi connectivity index (χ2n) is 4.45. The average molecular weight is 253 g/mol. The number of pyridine rings is 1. The number of nitrogens with two attached hydrogens (primary N) is 1. The first-order chi connectivity index (χ1) is 9.25. The number of nitrogens with zero attached hydrogens (tertiary/aromatic N) is 2. The van der Waals surface area contributed by atoms with Gasteiger partial charge in [-0.15, -0.1) is 0 Å². The molecule has 0 aliphatic heterocycles. The van der Waals surface area contributed by atoms with E-state index in [2.05, 4.69) is 21.7 Å². The van der Waals surface area contributed by atoms with Crippen molar-refractivity contribution in [1.82, 2.24) is 9.55 Å². The summed E-state index contributed by atoms with van der Waals surface area (Å²) >= 11 is 0.